The van der Waals surface area contributed by atoms with Crippen LogP contribution < -0.4 is 5.32 Å². The number of hydrogen-bond acceptors (Lipinski definition) is 4. The van der Waals surface area contributed by atoms with Crippen molar-refractivity contribution in [3.05, 3.63) is 69.9 Å². The quantitative estimate of drug-likeness (QED) is 0.563. The Morgan fingerprint density at radius 2 is 2.04 bits per heavy atom. The summed E-state index contributed by atoms with van der Waals surface area (Å²) in [7, 11) is 0. The highest BCUT2D eigenvalue weighted by Gasteiger charge is 2.09. The van der Waals surface area contributed by atoms with Gasteiger partial charge in [0.25, 0.3) is 0 Å². The molecule has 3 nitrogen and oxygen atoms in total. The van der Waals surface area contributed by atoms with E-state index in [-0.39, 0.29) is 11.7 Å². The Bertz CT molecular complexity index is 912. The summed E-state index contributed by atoms with van der Waals surface area (Å²) in [4.78, 5) is 16.6. The third-order valence-electron chi connectivity index (χ3n) is 3.59. The number of nitrogens with zero attached hydrogens (tertiary/aromatic N) is 1. The van der Waals surface area contributed by atoms with Crippen LogP contribution in [0.25, 0.3) is 10.6 Å². The molecule has 1 amide bonds. The molecule has 3 rings (SSSR count). The SMILES string of the molecule is Cc1cccc(NC(=O)CSCc2csc(-c3ccc(F)cc3)n2)c1Cl. The number of carbonyl (C=O) groups is 1. The van der Waals surface area contributed by atoms with Gasteiger partial charge in [0.15, 0.2) is 0 Å². The van der Waals surface area contributed by atoms with Crippen molar-refractivity contribution in [1.29, 1.82) is 0 Å². The number of carbonyl (C=O) groups excluding carboxylic acids is 1. The average Bonchev–Trinajstić information content (AvgIpc) is 3.08. The van der Waals surface area contributed by atoms with Crippen LogP contribution in [0.15, 0.2) is 47.8 Å². The first-order chi connectivity index (χ1) is 12.5. The third kappa shape index (κ3) is 4.84. The van der Waals surface area contributed by atoms with E-state index in [1.807, 2.05) is 24.4 Å². The number of thiazole rings is 1. The molecule has 2 aromatic carbocycles. The summed E-state index contributed by atoms with van der Waals surface area (Å²) >= 11 is 9.18. The van der Waals surface area contributed by atoms with E-state index >= 15 is 0 Å². The minimum Gasteiger partial charge on any atom is -0.324 e. The lowest BCUT2D eigenvalue weighted by molar-refractivity contribution is -0.113. The standard InChI is InChI=1S/C19H16ClFN2OS2/c1-12-3-2-4-16(18(12)20)23-17(24)11-25-9-15-10-26-19(22-15)13-5-7-14(21)8-6-13/h2-8,10H,9,11H2,1H3,(H,23,24). The maximum atomic E-state index is 13.0. The van der Waals surface area contributed by atoms with Gasteiger partial charge in [-0.25, -0.2) is 9.37 Å². The van der Waals surface area contributed by atoms with Crippen LogP contribution in [0.4, 0.5) is 10.1 Å². The molecule has 1 N–H and O–H groups in total. The summed E-state index contributed by atoms with van der Waals surface area (Å²) in [5.41, 5.74) is 3.35. The topological polar surface area (TPSA) is 42.0 Å². The van der Waals surface area contributed by atoms with Crippen LogP contribution in [-0.2, 0) is 10.5 Å². The second kappa shape index (κ2) is 8.66. The third-order valence-corrected chi connectivity index (χ3v) is 6.00. The predicted molar refractivity (Wildman–Crippen MR) is 108 cm³/mol. The van der Waals surface area contributed by atoms with Crippen molar-refractivity contribution >= 4 is 46.3 Å². The van der Waals surface area contributed by atoms with Crippen LogP contribution in [0.1, 0.15) is 11.3 Å². The number of benzene rings is 2. The number of nitrogens with one attached hydrogen (secondary N) is 1. The molecule has 0 bridgehead atoms. The molecule has 0 atom stereocenters. The molecule has 0 fully saturated rings. The molecule has 0 spiro atoms. The lowest BCUT2D eigenvalue weighted by Gasteiger charge is -2.08. The molecule has 0 aliphatic rings. The zero-order chi connectivity index (χ0) is 18.5. The first kappa shape index (κ1) is 18.9. The Morgan fingerprint density at radius 3 is 2.81 bits per heavy atom. The molecule has 1 aromatic heterocycles. The Hall–Kier alpha value is -1.89. The van der Waals surface area contributed by atoms with Crippen LogP contribution in [-0.4, -0.2) is 16.6 Å². The summed E-state index contributed by atoms with van der Waals surface area (Å²) in [6.07, 6.45) is 0. The Kier molecular flexibility index (Phi) is 6.29. The minimum atomic E-state index is -0.263. The van der Waals surface area contributed by atoms with E-state index in [1.165, 1.54) is 35.2 Å². The van der Waals surface area contributed by atoms with Gasteiger partial charge in [0.2, 0.25) is 5.91 Å². The van der Waals surface area contributed by atoms with Gasteiger partial charge < -0.3 is 5.32 Å². The van der Waals surface area contributed by atoms with Gasteiger partial charge in [-0.15, -0.1) is 23.1 Å². The van der Waals surface area contributed by atoms with Gasteiger partial charge in [-0.3, -0.25) is 4.79 Å². The Labute approximate surface area is 164 Å². The van der Waals surface area contributed by atoms with Crippen LogP contribution in [0, 0.1) is 12.7 Å². The van der Waals surface area contributed by atoms with E-state index in [0.717, 1.165) is 21.8 Å². The number of hydrogen-bond donors (Lipinski definition) is 1. The van der Waals surface area contributed by atoms with Crippen LogP contribution in [0.3, 0.4) is 0 Å². The van der Waals surface area contributed by atoms with E-state index < -0.39 is 0 Å². The van der Waals surface area contributed by atoms with Crippen LogP contribution in [0.2, 0.25) is 5.02 Å². The lowest BCUT2D eigenvalue weighted by Crippen LogP contribution is -2.14. The second-order valence-electron chi connectivity index (χ2n) is 5.63. The average molecular weight is 407 g/mol. The maximum absolute atomic E-state index is 13.0. The van der Waals surface area contributed by atoms with Gasteiger partial charge in [-0.1, -0.05) is 23.7 Å². The number of thioether (sulfide) groups is 1. The predicted octanol–water partition coefficient (Wildman–Crippen LogP) is 5.78. The van der Waals surface area contributed by atoms with Gasteiger partial charge in [-0.05, 0) is 42.8 Å². The second-order valence-corrected chi connectivity index (χ2v) is 7.85. The zero-order valence-corrected chi connectivity index (χ0v) is 16.3. The zero-order valence-electron chi connectivity index (χ0n) is 14.0. The van der Waals surface area contributed by atoms with E-state index in [2.05, 4.69) is 10.3 Å². The summed E-state index contributed by atoms with van der Waals surface area (Å²) in [5, 5.41) is 6.20. The van der Waals surface area contributed by atoms with E-state index in [1.54, 1.807) is 18.2 Å². The molecule has 0 saturated heterocycles. The molecular weight excluding hydrogens is 391 g/mol. The number of rotatable bonds is 6. The molecule has 7 heteroatoms. The first-order valence-corrected chi connectivity index (χ1v) is 10.3. The summed E-state index contributed by atoms with van der Waals surface area (Å²) in [5.74, 6) is 0.581. The van der Waals surface area contributed by atoms with Crippen LogP contribution >= 0.6 is 34.7 Å². The molecule has 0 unspecified atom stereocenters. The van der Waals surface area contributed by atoms with Gasteiger partial charge >= 0.3 is 0 Å². The highest BCUT2D eigenvalue weighted by molar-refractivity contribution is 7.99. The Morgan fingerprint density at radius 1 is 1.27 bits per heavy atom. The number of aromatic nitrogens is 1. The monoisotopic (exact) mass is 406 g/mol. The highest BCUT2D eigenvalue weighted by atomic mass is 35.5. The summed E-state index contributed by atoms with van der Waals surface area (Å²) in [6.45, 7) is 1.90. The fraction of sp³-hybridized carbons (Fsp3) is 0.158. The molecule has 26 heavy (non-hydrogen) atoms. The fourth-order valence-corrected chi connectivity index (χ4v) is 4.10. The molecular formula is C19H16ClFN2OS2. The van der Waals surface area contributed by atoms with Crippen molar-refractivity contribution in [1.82, 2.24) is 4.98 Å². The molecule has 1 heterocycles. The van der Waals surface area contributed by atoms with E-state index in [4.69, 9.17) is 11.6 Å². The fourth-order valence-electron chi connectivity index (χ4n) is 2.28. The first-order valence-electron chi connectivity index (χ1n) is 7.86. The smallest absolute Gasteiger partial charge is 0.234 e. The molecule has 3 aromatic rings. The largest absolute Gasteiger partial charge is 0.324 e. The van der Waals surface area contributed by atoms with Crippen molar-refractivity contribution in [2.75, 3.05) is 11.1 Å². The van der Waals surface area contributed by atoms with Crippen molar-refractivity contribution in [2.45, 2.75) is 12.7 Å². The normalized spacial score (nSPS) is 10.7. The van der Waals surface area contributed by atoms with Crippen molar-refractivity contribution < 1.29 is 9.18 Å². The number of halogens is 2. The summed E-state index contributed by atoms with van der Waals surface area (Å²) < 4.78 is 13.0. The van der Waals surface area contributed by atoms with Crippen LogP contribution in [0.5, 0.6) is 0 Å². The van der Waals surface area contributed by atoms with Gasteiger partial charge in [0.05, 0.1) is 22.2 Å². The highest BCUT2D eigenvalue weighted by Crippen LogP contribution is 2.27. The van der Waals surface area contributed by atoms with E-state index in [0.29, 0.717) is 22.2 Å². The number of aryl methyl sites for hydroxylation is 1. The number of amides is 1. The maximum Gasteiger partial charge on any atom is 0.234 e. The lowest BCUT2D eigenvalue weighted by atomic mass is 10.2. The van der Waals surface area contributed by atoms with E-state index in [9.17, 15) is 9.18 Å². The molecule has 0 radical (unpaired) electrons. The Balaban J connectivity index is 1.51. The summed E-state index contributed by atoms with van der Waals surface area (Å²) in [6, 6.07) is 11.8. The molecule has 0 saturated carbocycles. The van der Waals surface area contributed by atoms with Crippen molar-refractivity contribution in [3.63, 3.8) is 0 Å². The number of anilines is 1. The molecule has 134 valence electrons. The molecule has 0 aliphatic heterocycles. The molecule has 0 aliphatic carbocycles. The van der Waals surface area contributed by atoms with Gasteiger partial charge in [0, 0.05) is 16.7 Å². The van der Waals surface area contributed by atoms with Crippen molar-refractivity contribution in [3.8, 4) is 10.6 Å². The van der Waals surface area contributed by atoms with Gasteiger partial charge in [0.1, 0.15) is 10.8 Å². The minimum absolute atomic E-state index is 0.100. The van der Waals surface area contributed by atoms with Gasteiger partial charge in [-0.2, -0.15) is 0 Å². The van der Waals surface area contributed by atoms with Crippen molar-refractivity contribution in [2.24, 2.45) is 0 Å².